The van der Waals surface area contributed by atoms with Crippen molar-refractivity contribution in [1.82, 2.24) is 19.9 Å². The van der Waals surface area contributed by atoms with Crippen molar-refractivity contribution in [1.29, 1.82) is 0 Å². The second-order valence-electron chi connectivity index (χ2n) is 13.4. The molecule has 10 aromatic rings. The lowest BCUT2D eigenvalue weighted by atomic mass is 9.99. The highest BCUT2D eigenvalue weighted by Gasteiger charge is 2.22. The summed E-state index contributed by atoms with van der Waals surface area (Å²) in [4.78, 5) is 20.3. The van der Waals surface area contributed by atoms with Gasteiger partial charge in [0.1, 0.15) is 16.2 Å². The summed E-state index contributed by atoms with van der Waals surface area (Å²) in [6.07, 6.45) is 0.938. The van der Waals surface area contributed by atoms with Crippen molar-refractivity contribution in [3.8, 4) is 67.0 Å². The van der Waals surface area contributed by atoms with Gasteiger partial charge in [-0.05, 0) is 82.3 Å². The van der Waals surface area contributed by atoms with E-state index in [2.05, 4.69) is 109 Å². The van der Waals surface area contributed by atoms with Gasteiger partial charge in [0.2, 0.25) is 0 Å². The van der Waals surface area contributed by atoms with E-state index >= 15 is 0 Å². The first kappa shape index (κ1) is 29.9. The molecule has 0 radical (unpaired) electrons. The highest BCUT2D eigenvalue weighted by molar-refractivity contribution is 7.21. The SMILES string of the molecule is c1ccc(-c2nc(-c3ccc4c(c3)-c3ccccc3C4)nc(-c3cccc4oc5ccc(-c6cccc(-c7nc8ccccc8s7)c6)cc5c34)n2)cc1. The molecular formula is C47H28N4OS. The van der Waals surface area contributed by atoms with Gasteiger partial charge in [-0.25, -0.2) is 19.9 Å². The Balaban J connectivity index is 1.07. The molecule has 0 saturated heterocycles. The Labute approximate surface area is 308 Å². The summed E-state index contributed by atoms with van der Waals surface area (Å²) in [6, 6.07) is 54.8. The molecule has 0 saturated carbocycles. The number of aromatic nitrogens is 4. The summed E-state index contributed by atoms with van der Waals surface area (Å²) >= 11 is 1.72. The summed E-state index contributed by atoms with van der Waals surface area (Å²) in [6.45, 7) is 0. The molecule has 0 spiro atoms. The van der Waals surface area contributed by atoms with Gasteiger partial charge in [0.05, 0.1) is 10.2 Å². The molecule has 0 aliphatic heterocycles. The van der Waals surface area contributed by atoms with Crippen LogP contribution in [0, 0.1) is 0 Å². The first-order valence-electron chi connectivity index (χ1n) is 17.7. The number of para-hydroxylation sites is 1. The van der Waals surface area contributed by atoms with Gasteiger partial charge in [-0.1, -0.05) is 115 Å². The maximum absolute atomic E-state index is 6.47. The van der Waals surface area contributed by atoms with Gasteiger partial charge < -0.3 is 4.42 Å². The fourth-order valence-electron chi connectivity index (χ4n) is 7.62. The molecule has 0 unspecified atom stereocenters. The predicted molar refractivity (Wildman–Crippen MR) is 216 cm³/mol. The van der Waals surface area contributed by atoms with Gasteiger partial charge >= 0.3 is 0 Å². The number of nitrogens with zero attached hydrogens (tertiary/aromatic N) is 4. The Bertz CT molecular complexity index is 3020. The monoisotopic (exact) mass is 696 g/mol. The molecule has 5 nitrogen and oxygen atoms in total. The topological polar surface area (TPSA) is 64.7 Å². The number of thiazole rings is 1. The fourth-order valence-corrected chi connectivity index (χ4v) is 8.59. The molecule has 248 valence electrons. The van der Waals surface area contributed by atoms with E-state index in [-0.39, 0.29) is 0 Å². The van der Waals surface area contributed by atoms with E-state index in [1.54, 1.807) is 11.3 Å². The molecule has 0 fully saturated rings. The van der Waals surface area contributed by atoms with Crippen molar-refractivity contribution in [2.45, 2.75) is 6.42 Å². The molecule has 0 N–H and O–H groups in total. The average Bonchev–Trinajstić information content (AvgIpc) is 3.94. The Morgan fingerprint density at radius 2 is 1.13 bits per heavy atom. The summed E-state index contributed by atoms with van der Waals surface area (Å²) in [5, 5.41) is 3.00. The second kappa shape index (κ2) is 11.9. The van der Waals surface area contributed by atoms with Crippen LogP contribution in [0.25, 0.3) is 99.1 Å². The Kier molecular flexibility index (Phi) is 6.72. The molecule has 11 rings (SSSR count). The molecule has 53 heavy (non-hydrogen) atoms. The number of furan rings is 1. The van der Waals surface area contributed by atoms with Gasteiger partial charge in [0.25, 0.3) is 0 Å². The van der Waals surface area contributed by atoms with Crippen molar-refractivity contribution in [2.24, 2.45) is 0 Å². The van der Waals surface area contributed by atoms with Crippen LogP contribution in [0.3, 0.4) is 0 Å². The molecule has 1 aliphatic carbocycles. The first-order chi connectivity index (χ1) is 26.2. The van der Waals surface area contributed by atoms with E-state index in [0.717, 1.165) is 72.3 Å². The molecule has 1 aliphatic rings. The molecule has 7 aromatic carbocycles. The average molecular weight is 697 g/mol. The van der Waals surface area contributed by atoms with Crippen molar-refractivity contribution in [2.75, 3.05) is 0 Å². The van der Waals surface area contributed by atoms with Crippen LogP contribution in [-0.2, 0) is 6.42 Å². The van der Waals surface area contributed by atoms with Crippen LogP contribution in [0.15, 0.2) is 162 Å². The van der Waals surface area contributed by atoms with Gasteiger partial charge in [-0.3, -0.25) is 0 Å². The summed E-state index contributed by atoms with van der Waals surface area (Å²) in [5.74, 6) is 1.87. The minimum atomic E-state index is 0.603. The van der Waals surface area contributed by atoms with E-state index in [1.807, 2.05) is 48.5 Å². The van der Waals surface area contributed by atoms with Crippen LogP contribution in [-0.4, -0.2) is 19.9 Å². The van der Waals surface area contributed by atoms with E-state index < -0.39 is 0 Å². The quantitative estimate of drug-likeness (QED) is 0.179. The van der Waals surface area contributed by atoms with Crippen molar-refractivity contribution in [3.63, 3.8) is 0 Å². The Morgan fingerprint density at radius 3 is 2.06 bits per heavy atom. The van der Waals surface area contributed by atoms with Gasteiger partial charge in [-0.15, -0.1) is 11.3 Å². The van der Waals surface area contributed by atoms with Crippen LogP contribution in [0.2, 0.25) is 0 Å². The highest BCUT2D eigenvalue weighted by atomic mass is 32.1. The lowest BCUT2D eigenvalue weighted by Gasteiger charge is -2.10. The largest absolute Gasteiger partial charge is 0.456 e. The van der Waals surface area contributed by atoms with E-state index in [4.69, 9.17) is 24.4 Å². The van der Waals surface area contributed by atoms with Crippen molar-refractivity contribution >= 4 is 43.5 Å². The number of hydrogen-bond acceptors (Lipinski definition) is 6. The number of benzene rings is 7. The van der Waals surface area contributed by atoms with Crippen LogP contribution in [0.1, 0.15) is 11.1 Å². The maximum Gasteiger partial charge on any atom is 0.164 e. The Morgan fingerprint density at radius 1 is 0.434 bits per heavy atom. The van der Waals surface area contributed by atoms with Crippen molar-refractivity contribution < 1.29 is 4.42 Å². The zero-order valence-electron chi connectivity index (χ0n) is 28.3. The smallest absolute Gasteiger partial charge is 0.164 e. The highest BCUT2D eigenvalue weighted by Crippen LogP contribution is 2.41. The second-order valence-corrected chi connectivity index (χ2v) is 14.5. The normalized spacial score (nSPS) is 12.1. The molecule has 6 heteroatoms. The maximum atomic E-state index is 6.47. The van der Waals surface area contributed by atoms with Crippen LogP contribution in [0.4, 0.5) is 0 Å². The van der Waals surface area contributed by atoms with Gasteiger partial charge in [0, 0.05) is 33.0 Å². The third-order valence-corrected chi connectivity index (χ3v) is 11.3. The standard InChI is InChI=1S/C47H28N4OS/c1-2-10-28(11-3-1)44-49-45(33-21-20-32-25-31-12-4-5-15-35(31)37(32)27-33)51-46(50-44)36-16-9-18-41-43(36)38-26-30(22-23-40(38)52-41)29-13-8-14-34(24-29)47-48-39-17-6-7-19-42(39)53-47/h1-24,26-27H,25H2. The van der Waals surface area contributed by atoms with E-state index in [1.165, 1.54) is 27.0 Å². The fraction of sp³-hybridized carbons (Fsp3) is 0.0213. The van der Waals surface area contributed by atoms with Gasteiger partial charge in [-0.2, -0.15) is 0 Å². The lowest BCUT2D eigenvalue weighted by molar-refractivity contribution is 0.669. The number of fused-ring (bicyclic) bond motifs is 7. The molecule has 3 heterocycles. The third kappa shape index (κ3) is 5.06. The number of rotatable bonds is 5. The molecule has 0 amide bonds. The van der Waals surface area contributed by atoms with Crippen LogP contribution < -0.4 is 0 Å². The van der Waals surface area contributed by atoms with Crippen molar-refractivity contribution in [3.05, 3.63) is 169 Å². The Hall–Kier alpha value is -6.76. The van der Waals surface area contributed by atoms with Gasteiger partial charge in [0.15, 0.2) is 17.5 Å². The predicted octanol–water partition coefficient (Wildman–Crippen LogP) is 12.3. The molecule has 0 bridgehead atoms. The number of hydrogen-bond donors (Lipinski definition) is 0. The van der Waals surface area contributed by atoms with E-state index in [0.29, 0.717) is 17.5 Å². The summed E-state index contributed by atoms with van der Waals surface area (Å²) in [5.41, 5.74) is 13.9. The summed E-state index contributed by atoms with van der Waals surface area (Å²) in [7, 11) is 0. The zero-order chi connectivity index (χ0) is 34.9. The van der Waals surface area contributed by atoms with Crippen LogP contribution >= 0.6 is 11.3 Å². The first-order valence-corrected chi connectivity index (χ1v) is 18.5. The summed E-state index contributed by atoms with van der Waals surface area (Å²) < 4.78 is 7.65. The minimum Gasteiger partial charge on any atom is -0.456 e. The third-order valence-electron chi connectivity index (χ3n) is 10.2. The molecular weight excluding hydrogens is 669 g/mol. The molecule has 0 atom stereocenters. The van der Waals surface area contributed by atoms with E-state index in [9.17, 15) is 0 Å². The zero-order valence-corrected chi connectivity index (χ0v) is 29.1. The lowest BCUT2D eigenvalue weighted by Crippen LogP contribution is -2.00. The minimum absolute atomic E-state index is 0.603. The molecule has 3 aromatic heterocycles. The van der Waals surface area contributed by atoms with Crippen LogP contribution in [0.5, 0.6) is 0 Å².